The Morgan fingerprint density at radius 3 is 2.47 bits per heavy atom. The third kappa shape index (κ3) is 2.97. The number of amides is 1. The number of hydrazone groups is 1. The number of hydrogen-bond donors (Lipinski definition) is 3. The van der Waals surface area contributed by atoms with Crippen LogP contribution in [0.2, 0.25) is 0 Å². The number of carbonyl (C=O) groups is 1. The van der Waals surface area contributed by atoms with Gasteiger partial charge in [-0.1, -0.05) is 36.4 Å². The predicted molar refractivity (Wildman–Crippen MR) is 72.9 cm³/mol. The van der Waals surface area contributed by atoms with E-state index < -0.39 is 5.91 Å². The van der Waals surface area contributed by atoms with Crippen LogP contribution in [0.3, 0.4) is 0 Å². The normalized spacial score (nSPS) is 10.6. The zero-order chi connectivity index (χ0) is 13.7. The van der Waals surface area contributed by atoms with E-state index in [9.17, 15) is 4.79 Å². The van der Waals surface area contributed by atoms with Crippen molar-refractivity contribution in [3.63, 3.8) is 0 Å². The van der Waals surface area contributed by atoms with Gasteiger partial charge in [0.25, 0.3) is 0 Å². The molecular weight excluding hydrogens is 242 g/mol. The molecule has 5 heteroatoms. The van der Waals surface area contributed by atoms with E-state index in [0.717, 1.165) is 16.7 Å². The standard InChI is InChI=1S/C14H13N3O2/c15-14(18)11-7-5-10(6-8-11)13-4-2-1-3-12(13)9-16-17-19/h1-9,17,19H,(H2,15,18). The number of rotatable bonds is 4. The molecule has 0 unspecified atom stereocenters. The highest BCUT2D eigenvalue weighted by Crippen LogP contribution is 2.22. The zero-order valence-electron chi connectivity index (χ0n) is 10.1. The molecule has 0 heterocycles. The molecule has 0 radical (unpaired) electrons. The first-order valence-electron chi connectivity index (χ1n) is 5.64. The second-order valence-electron chi connectivity index (χ2n) is 3.89. The Kier molecular flexibility index (Phi) is 3.90. The van der Waals surface area contributed by atoms with E-state index in [0.29, 0.717) is 5.56 Å². The molecule has 0 bridgehead atoms. The van der Waals surface area contributed by atoms with Gasteiger partial charge in [0.05, 0.1) is 6.21 Å². The number of hydrogen-bond acceptors (Lipinski definition) is 4. The van der Waals surface area contributed by atoms with Gasteiger partial charge in [0, 0.05) is 11.1 Å². The molecule has 2 aromatic rings. The summed E-state index contributed by atoms with van der Waals surface area (Å²) in [5, 5.41) is 12.1. The Morgan fingerprint density at radius 1 is 1.16 bits per heavy atom. The van der Waals surface area contributed by atoms with Gasteiger partial charge in [-0.05, 0) is 23.3 Å². The van der Waals surface area contributed by atoms with Crippen LogP contribution in [0.1, 0.15) is 15.9 Å². The number of primary amides is 1. The Hall–Kier alpha value is -2.66. The molecule has 4 N–H and O–H groups in total. The van der Waals surface area contributed by atoms with Crippen LogP contribution in [-0.2, 0) is 0 Å². The average molecular weight is 255 g/mol. The van der Waals surface area contributed by atoms with Crippen molar-refractivity contribution in [1.29, 1.82) is 0 Å². The quantitative estimate of drug-likeness (QED) is 0.574. The van der Waals surface area contributed by atoms with Gasteiger partial charge in [-0.25, -0.2) is 0 Å². The molecule has 2 rings (SSSR count). The van der Waals surface area contributed by atoms with Crippen molar-refractivity contribution in [3.05, 3.63) is 59.7 Å². The van der Waals surface area contributed by atoms with Gasteiger partial charge >= 0.3 is 0 Å². The van der Waals surface area contributed by atoms with Crippen LogP contribution >= 0.6 is 0 Å². The van der Waals surface area contributed by atoms with Gasteiger partial charge in [0.15, 0.2) is 0 Å². The maximum absolute atomic E-state index is 11.0. The molecule has 0 aliphatic carbocycles. The second-order valence-corrected chi connectivity index (χ2v) is 3.89. The topological polar surface area (TPSA) is 87.7 Å². The largest absolute Gasteiger partial charge is 0.366 e. The highest BCUT2D eigenvalue weighted by atomic mass is 16.5. The zero-order valence-corrected chi connectivity index (χ0v) is 10.1. The molecule has 1 amide bonds. The molecule has 0 aromatic heterocycles. The summed E-state index contributed by atoms with van der Waals surface area (Å²) in [6, 6.07) is 14.6. The minimum atomic E-state index is -0.453. The molecule has 0 saturated heterocycles. The van der Waals surface area contributed by atoms with E-state index in [-0.39, 0.29) is 0 Å². The Balaban J connectivity index is 2.41. The van der Waals surface area contributed by atoms with Gasteiger partial charge in [-0.3, -0.25) is 10.0 Å². The van der Waals surface area contributed by atoms with E-state index >= 15 is 0 Å². The Labute approximate surface area is 110 Å². The molecule has 0 aliphatic rings. The Bertz CT molecular complexity index is 606. The number of nitrogens with zero attached hydrogens (tertiary/aromatic N) is 1. The maximum atomic E-state index is 11.0. The fourth-order valence-corrected chi connectivity index (χ4v) is 1.78. The molecule has 0 aliphatic heterocycles. The number of nitrogens with one attached hydrogen (secondary N) is 1. The lowest BCUT2D eigenvalue weighted by Gasteiger charge is -2.06. The van der Waals surface area contributed by atoms with Crippen LogP contribution in [0.4, 0.5) is 0 Å². The Morgan fingerprint density at radius 2 is 1.84 bits per heavy atom. The fraction of sp³-hybridized carbons (Fsp3) is 0. The van der Waals surface area contributed by atoms with Gasteiger partial charge in [0.2, 0.25) is 5.91 Å². The number of carbonyl (C=O) groups excluding carboxylic acids is 1. The lowest BCUT2D eigenvalue weighted by molar-refractivity contribution is 0.100. The van der Waals surface area contributed by atoms with Crippen LogP contribution in [0.25, 0.3) is 11.1 Å². The van der Waals surface area contributed by atoms with Gasteiger partial charge in [-0.15, -0.1) is 0 Å². The summed E-state index contributed by atoms with van der Waals surface area (Å²) in [6.45, 7) is 0. The predicted octanol–water partition coefficient (Wildman–Crippen LogP) is 1.77. The molecule has 0 saturated carbocycles. The highest BCUT2D eigenvalue weighted by molar-refractivity contribution is 5.94. The lowest BCUT2D eigenvalue weighted by atomic mass is 9.99. The summed E-state index contributed by atoms with van der Waals surface area (Å²) >= 11 is 0. The molecular formula is C14H13N3O2. The third-order valence-corrected chi connectivity index (χ3v) is 2.70. The van der Waals surface area contributed by atoms with Crippen LogP contribution in [0.5, 0.6) is 0 Å². The SMILES string of the molecule is NC(=O)c1ccc(-c2ccccc2C=NNO)cc1. The third-order valence-electron chi connectivity index (χ3n) is 2.70. The van der Waals surface area contributed by atoms with E-state index in [1.807, 2.05) is 36.4 Å². The average Bonchev–Trinajstić information content (AvgIpc) is 2.45. The molecule has 0 spiro atoms. The van der Waals surface area contributed by atoms with E-state index in [1.165, 1.54) is 6.21 Å². The second kappa shape index (κ2) is 5.79. The van der Waals surface area contributed by atoms with E-state index in [1.54, 1.807) is 17.7 Å². The van der Waals surface area contributed by atoms with Gasteiger partial charge in [0.1, 0.15) is 0 Å². The fourth-order valence-electron chi connectivity index (χ4n) is 1.78. The van der Waals surface area contributed by atoms with Crippen molar-refractivity contribution in [1.82, 2.24) is 5.59 Å². The van der Waals surface area contributed by atoms with Crippen LogP contribution < -0.4 is 11.3 Å². The minimum absolute atomic E-state index is 0.453. The molecule has 5 nitrogen and oxygen atoms in total. The van der Waals surface area contributed by atoms with Crippen molar-refractivity contribution in [3.8, 4) is 11.1 Å². The van der Waals surface area contributed by atoms with Crippen LogP contribution in [0, 0.1) is 0 Å². The first-order chi connectivity index (χ1) is 9.22. The summed E-state index contributed by atoms with van der Waals surface area (Å²) in [7, 11) is 0. The summed E-state index contributed by atoms with van der Waals surface area (Å²) in [5.74, 6) is -0.453. The van der Waals surface area contributed by atoms with Crippen LogP contribution in [-0.4, -0.2) is 17.3 Å². The van der Waals surface area contributed by atoms with Crippen molar-refractivity contribution < 1.29 is 10.0 Å². The summed E-state index contributed by atoms with van der Waals surface area (Å²) in [4.78, 5) is 11.0. The first kappa shape index (κ1) is 12.8. The molecule has 19 heavy (non-hydrogen) atoms. The smallest absolute Gasteiger partial charge is 0.248 e. The maximum Gasteiger partial charge on any atom is 0.248 e. The molecule has 2 aromatic carbocycles. The summed E-state index contributed by atoms with van der Waals surface area (Å²) < 4.78 is 0. The molecule has 96 valence electrons. The highest BCUT2D eigenvalue weighted by Gasteiger charge is 2.04. The van der Waals surface area contributed by atoms with Crippen LogP contribution in [0.15, 0.2) is 53.6 Å². The summed E-state index contributed by atoms with van der Waals surface area (Å²) in [6.07, 6.45) is 1.51. The van der Waals surface area contributed by atoms with Gasteiger partial charge < -0.3 is 5.73 Å². The van der Waals surface area contributed by atoms with Crippen molar-refractivity contribution in [2.45, 2.75) is 0 Å². The first-order valence-corrected chi connectivity index (χ1v) is 5.64. The summed E-state index contributed by atoms with van der Waals surface area (Å²) in [5.41, 5.74) is 10.1. The van der Waals surface area contributed by atoms with Crippen molar-refractivity contribution >= 4 is 12.1 Å². The minimum Gasteiger partial charge on any atom is -0.366 e. The van der Waals surface area contributed by atoms with Crippen molar-refractivity contribution in [2.75, 3.05) is 0 Å². The van der Waals surface area contributed by atoms with Gasteiger partial charge in [-0.2, -0.15) is 10.7 Å². The number of nitrogens with two attached hydrogens (primary N) is 1. The molecule has 0 fully saturated rings. The van der Waals surface area contributed by atoms with Crippen molar-refractivity contribution in [2.24, 2.45) is 10.8 Å². The molecule has 0 atom stereocenters. The lowest BCUT2D eigenvalue weighted by Crippen LogP contribution is -2.10. The van der Waals surface area contributed by atoms with E-state index in [2.05, 4.69) is 5.10 Å². The van der Waals surface area contributed by atoms with E-state index in [4.69, 9.17) is 10.9 Å². The monoisotopic (exact) mass is 255 g/mol. The number of benzene rings is 2.